The Morgan fingerprint density at radius 3 is 2.87 bits per heavy atom. The number of aromatic nitrogens is 1. The Hall–Kier alpha value is -1.61. The third-order valence-electron chi connectivity index (χ3n) is 2.93. The zero-order valence-corrected chi connectivity index (χ0v) is 8.27. The molecule has 1 aliphatic carbocycles. The second-order valence-electron chi connectivity index (χ2n) is 4.02. The highest BCUT2D eigenvalue weighted by Crippen LogP contribution is 2.41. The molecule has 1 aromatic carbocycles. The summed E-state index contributed by atoms with van der Waals surface area (Å²) < 4.78 is 0. The Balaban J connectivity index is 2.22. The lowest BCUT2D eigenvalue weighted by molar-refractivity contribution is 0.390. The van der Waals surface area contributed by atoms with Crippen molar-refractivity contribution in [3.8, 4) is 0 Å². The van der Waals surface area contributed by atoms with Crippen LogP contribution in [-0.4, -0.2) is 10.2 Å². The molecule has 0 amide bonds. The molecule has 0 unspecified atom stereocenters. The quantitative estimate of drug-likeness (QED) is 0.732. The molecule has 0 aliphatic heterocycles. The summed E-state index contributed by atoms with van der Waals surface area (Å²) in [4.78, 5) is 4.26. The van der Waals surface area contributed by atoms with Crippen LogP contribution < -0.4 is 5.48 Å². The number of nitrogens with one attached hydrogen (secondary N) is 1. The zero-order chi connectivity index (χ0) is 10.3. The Bertz CT molecular complexity index is 506. The average Bonchev–Trinajstić information content (AvgIpc) is 3.11. The summed E-state index contributed by atoms with van der Waals surface area (Å²) in [6, 6.07) is 8.05. The van der Waals surface area contributed by atoms with Crippen LogP contribution in [0.1, 0.15) is 24.3 Å². The highest BCUT2D eigenvalue weighted by molar-refractivity contribution is 5.91. The molecule has 1 heterocycles. The zero-order valence-electron chi connectivity index (χ0n) is 8.27. The molecule has 3 rings (SSSR count). The van der Waals surface area contributed by atoms with Crippen LogP contribution in [0.4, 0.5) is 5.69 Å². The van der Waals surface area contributed by atoms with Crippen molar-refractivity contribution in [1.82, 2.24) is 4.98 Å². The predicted molar refractivity (Wildman–Crippen MR) is 59.1 cm³/mol. The summed E-state index contributed by atoms with van der Waals surface area (Å²) in [5.74, 6) is 0.723. The van der Waals surface area contributed by atoms with E-state index in [2.05, 4.69) is 22.6 Å². The van der Waals surface area contributed by atoms with Gasteiger partial charge in [0.25, 0.3) is 0 Å². The summed E-state index contributed by atoms with van der Waals surface area (Å²) in [6.45, 7) is 0. The summed E-state index contributed by atoms with van der Waals surface area (Å²) in [5.41, 5.74) is 5.21. The smallest absolute Gasteiger partial charge is 0.0723 e. The van der Waals surface area contributed by atoms with Gasteiger partial charge in [-0.3, -0.25) is 15.7 Å². The molecule has 3 heteroatoms. The summed E-state index contributed by atoms with van der Waals surface area (Å²) in [7, 11) is 0. The number of pyridine rings is 1. The van der Waals surface area contributed by atoms with Gasteiger partial charge >= 0.3 is 0 Å². The molecule has 0 radical (unpaired) electrons. The van der Waals surface area contributed by atoms with Crippen LogP contribution in [0.5, 0.6) is 0 Å². The van der Waals surface area contributed by atoms with Crippen molar-refractivity contribution in [2.45, 2.75) is 18.8 Å². The first-order valence-corrected chi connectivity index (χ1v) is 5.17. The molecule has 0 spiro atoms. The topological polar surface area (TPSA) is 45.1 Å². The number of hydrogen-bond donors (Lipinski definition) is 2. The van der Waals surface area contributed by atoms with Gasteiger partial charge in [-0.15, -0.1) is 0 Å². The van der Waals surface area contributed by atoms with Gasteiger partial charge < -0.3 is 0 Å². The van der Waals surface area contributed by atoms with Crippen LogP contribution in [0, 0.1) is 0 Å². The van der Waals surface area contributed by atoms with Crippen molar-refractivity contribution in [3.05, 3.63) is 36.0 Å². The number of benzene rings is 1. The number of rotatable bonds is 2. The average molecular weight is 200 g/mol. The first kappa shape index (κ1) is 8.68. The van der Waals surface area contributed by atoms with Gasteiger partial charge in [0.1, 0.15) is 0 Å². The van der Waals surface area contributed by atoms with Gasteiger partial charge in [0.05, 0.1) is 11.2 Å². The maximum atomic E-state index is 9.00. The highest BCUT2D eigenvalue weighted by atomic mass is 16.5. The number of fused-ring (bicyclic) bond motifs is 1. The highest BCUT2D eigenvalue weighted by Gasteiger charge is 2.23. The monoisotopic (exact) mass is 200 g/mol. The molecule has 2 aromatic rings. The molecule has 0 bridgehead atoms. The molecule has 3 nitrogen and oxygen atoms in total. The minimum Gasteiger partial charge on any atom is -0.291 e. The van der Waals surface area contributed by atoms with Crippen LogP contribution in [0.2, 0.25) is 0 Å². The van der Waals surface area contributed by atoms with E-state index in [1.54, 1.807) is 12.3 Å². The second-order valence-corrected chi connectivity index (χ2v) is 4.02. The summed E-state index contributed by atoms with van der Waals surface area (Å²) >= 11 is 0. The van der Waals surface area contributed by atoms with Gasteiger partial charge in [0, 0.05) is 11.6 Å². The van der Waals surface area contributed by atoms with Crippen molar-refractivity contribution in [3.63, 3.8) is 0 Å². The van der Waals surface area contributed by atoms with Gasteiger partial charge in [-0.2, -0.15) is 0 Å². The second kappa shape index (κ2) is 3.21. The van der Waals surface area contributed by atoms with Crippen LogP contribution in [0.25, 0.3) is 10.9 Å². The molecule has 1 aromatic heterocycles. The van der Waals surface area contributed by atoms with Crippen molar-refractivity contribution in [1.29, 1.82) is 0 Å². The molecular weight excluding hydrogens is 188 g/mol. The molecule has 0 atom stereocenters. The third kappa shape index (κ3) is 1.45. The van der Waals surface area contributed by atoms with Gasteiger partial charge in [-0.05, 0) is 42.5 Å². The van der Waals surface area contributed by atoms with E-state index in [9.17, 15) is 0 Å². The fourth-order valence-electron chi connectivity index (χ4n) is 1.93. The Labute approximate surface area is 87.7 Å². The van der Waals surface area contributed by atoms with Gasteiger partial charge in [-0.1, -0.05) is 6.07 Å². The number of nitrogens with zero attached hydrogens (tertiary/aromatic N) is 1. The maximum Gasteiger partial charge on any atom is 0.0723 e. The van der Waals surface area contributed by atoms with Gasteiger partial charge in [0.2, 0.25) is 0 Å². The van der Waals surface area contributed by atoms with Gasteiger partial charge in [-0.25, -0.2) is 0 Å². The molecule has 1 fully saturated rings. The molecule has 0 saturated heterocycles. The minimum atomic E-state index is 0.723. The van der Waals surface area contributed by atoms with E-state index >= 15 is 0 Å². The fourth-order valence-corrected chi connectivity index (χ4v) is 1.93. The largest absolute Gasteiger partial charge is 0.291 e. The lowest BCUT2D eigenvalue weighted by Gasteiger charge is -2.05. The Morgan fingerprint density at radius 1 is 1.27 bits per heavy atom. The molecule has 1 aliphatic rings. The molecule has 76 valence electrons. The lowest BCUT2D eigenvalue weighted by Crippen LogP contribution is -1.92. The standard InChI is InChI=1S/C12H12N2O/c15-14-12-5-6-13-11-4-3-9(7-10(11)12)8-1-2-8/h3-8,15H,1-2H2,(H,13,14). The van der Waals surface area contributed by atoms with Crippen molar-refractivity contribution >= 4 is 16.6 Å². The predicted octanol–water partition coefficient (Wildman–Crippen LogP) is 2.91. The van der Waals surface area contributed by atoms with Crippen LogP contribution in [-0.2, 0) is 0 Å². The lowest BCUT2D eigenvalue weighted by atomic mass is 10.1. The third-order valence-corrected chi connectivity index (χ3v) is 2.93. The van der Waals surface area contributed by atoms with Crippen LogP contribution in [0.15, 0.2) is 30.5 Å². The molecule has 15 heavy (non-hydrogen) atoms. The van der Waals surface area contributed by atoms with E-state index < -0.39 is 0 Å². The maximum absolute atomic E-state index is 9.00. The SMILES string of the molecule is ONc1ccnc2ccc(C3CC3)cc12. The summed E-state index contributed by atoms with van der Waals surface area (Å²) in [5, 5.41) is 9.99. The normalized spacial score (nSPS) is 15.5. The van der Waals surface area contributed by atoms with Gasteiger partial charge in [0.15, 0.2) is 0 Å². The van der Waals surface area contributed by atoms with E-state index in [1.165, 1.54) is 18.4 Å². The van der Waals surface area contributed by atoms with E-state index in [-0.39, 0.29) is 0 Å². The molecule has 1 saturated carbocycles. The van der Waals surface area contributed by atoms with E-state index in [1.807, 2.05) is 6.07 Å². The molecular formula is C12H12N2O. The number of anilines is 1. The fraction of sp³-hybridized carbons (Fsp3) is 0.250. The molecule has 2 N–H and O–H groups in total. The minimum absolute atomic E-state index is 0.723. The van der Waals surface area contributed by atoms with E-state index in [4.69, 9.17) is 5.21 Å². The Morgan fingerprint density at radius 2 is 2.13 bits per heavy atom. The van der Waals surface area contributed by atoms with Crippen LogP contribution >= 0.6 is 0 Å². The van der Waals surface area contributed by atoms with Crippen molar-refractivity contribution < 1.29 is 5.21 Å². The van der Waals surface area contributed by atoms with E-state index in [0.717, 1.165) is 22.5 Å². The van der Waals surface area contributed by atoms with E-state index in [0.29, 0.717) is 0 Å². The number of hydrogen-bond acceptors (Lipinski definition) is 3. The summed E-state index contributed by atoms with van der Waals surface area (Å²) in [6.07, 6.45) is 4.26. The first-order chi connectivity index (χ1) is 7.38. The van der Waals surface area contributed by atoms with Crippen LogP contribution in [0.3, 0.4) is 0 Å². The Kier molecular flexibility index (Phi) is 1.86. The van der Waals surface area contributed by atoms with Crippen molar-refractivity contribution in [2.24, 2.45) is 0 Å². The van der Waals surface area contributed by atoms with Crippen molar-refractivity contribution in [2.75, 3.05) is 5.48 Å². The first-order valence-electron chi connectivity index (χ1n) is 5.17.